The highest BCUT2D eigenvalue weighted by atomic mass is 35.5. The van der Waals surface area contributed by atoms with E-state index in [0.717, 1.165) is 16.7 Å². The van der Waals surface area contributed by atoms with Crippen LogP contribution in [-0.2, 0) is 34.4 Å². The summed E-state index contributed by atoms with van der Waals surface area (Å²) in [5.41, 5.74) is 4.23. The van der Waals surface area contributed by atoms with Crippen molar-refractivity contribution in [2.24, 2.45) is 5.92 Å². The summed E-state index contributed by atoms with van der Waals surface area (Å²) < 4.78 is 0. The molecule has 1 N–H and O–H groups in total. The minimum absolute atomic E-state index is 0.0685. The van der Waals surface area contributed by atoms with Crippen LogP contribution in [0.5, 0.6) is 0 Å². The molecule has 0 fully saturated rings. The van der Waals surface area contributed by atoms with Gasteiger partial charge >= 0.3 is 0 Å². The van der Waals surface area contributed by atoms with E-state index < -0.39 is 6.04 Å². The van der Waals surface area contributed by atoms with Crippen LogP contribution in [0.4, 0.5) is 0 Å². The van der Waals surface area contributed by atoms with Crippen molar-refractivity contribution < 1.29 is 9.59 Å². The van der Waals surface area contributed by atoms with E-state index in [4.69, 9.17) is 23.2 Å². The molecule has 2 amide bonds. The lowest BCUT2D eigenvalue weighted by Crippen LogP contribution is -2.51. The first-order chi connectivity index (χ1) is 18.4. The van der Waals surface area contributed by atoms with Crippen molar-refractivity contribution in [3.05, 3.63) is 105 Å². The molecule has 39 heavy (non-hydrogen) atoms. The fourth-order valence-electron chi connectivity index (χ4n) is 4.38. The zero-order valence-electron chi connectivity index (χ0n) is 23.6. The molecule has 0 aromatic heterocycles. The van der Waals surface area contributed by atoms with Crippen molar-refractivity contribution in [2.45, 2.75) is 71.9 Å². The van der Waals surface area contributed by atoms with Gasteiger partial charge in [0.1, 0.15) is 6.04 Å². The van der Waals surface area contributed by atoms with Crippen LogP contribution in [-0.4, -0.2) is 29.3 Å². The van der Waals surface area contributed by atoms with Crippen LogP contribution in [0.25, 0.3) is 0 Å². The van der Waals surface area contributed by atoms with Crippen molar-refractivity contribution in [3.63, 3.8) is 0 Å². The predicted octanol–water partition coefficient (Wildman–Crippen LogP) is 7.64. The normalized spacial score (nSPS) is 12.3. The maximum atomic E-state index is 13.9. The number of hydrogen-bond donors (Lipinski definition) is 1. The third-order valence-electron chi connectivity index (χ3n) is 6.74. The molecule has 0 spiro atoms. The molecule has 0 saturated carbocycles. The monoisotopic (exact) mass is 566 g/mol. The Bertz CT molecular complexity index is 1230. The van der Waals surface area contributed by atoms with Gasteiger partial charge < -0.3 is 10.2 Å². The van der Waals surface area contributed by atoms with E-state index in [9.17, 15) is 9.59 Å². The van der Waals surface area contributed by atoms with Crippen molar-refractivity contribution >= 4 is 35.0 Å². The van der Waals surface area contributed by atoms with Crippen LogP contribution < -0.4 is 5.32 Å². The fraction of sp³-hybridized carbons (Fsp3) is 0.394. The Morgan fingerprint density at radius 1 is 0.846 bits per heavy atom. The van der Waals surface area contributed by atoms with Gasteiger partial charge in [-0.05, 0) is 52.1 Å². The predicted molar refractivity (Wildman–Crippen MR) is 162 cm³/mol. The molecule has 3 rings (SSSR count). The van der Waals surface area contributed by atoms with Crippen molar-refractivity contribution in [2.75, 3.05) is 6.54 Å². The minimum atomic E-state index is -0.670. The zero-order chi connectivity index (χ0) is 28.6. The van der Waals surface area contributed by atoms with Gasteiger partial charge in [-0.2, -0.15) is 0 Å². The van der Waals surface area contributed by atoms with E-state index >= 15 is 0 Å². The molecule has 0 bridgehead atoms. The van der Waals surface area contributed by atoms with Crippen molar-refractivity contribution in [3.8, 4) is 0 Å². The second-order valence-corrected chi connectivity index (χ2v) is 12.4. The largest absolute Gasteiger partial charge is 0.354 e. The molecular weight excluding hydrogens is 527 g/mol. The number of nitrogens with one attached hydrogen (secondary N) is 1. The second kappa shape index (κ2) is 14.0. The number of halogens is 2. The number of amides is 2. The zero-order valence-corrected chi connectivity index (χ0v) is 25.1. The SMILES string of the molecule is CC(C)CNC(=O)[C@H](Cc1ccccc1)N(Cc1ccc(Cl)c(Cl)c1)C(=O)CCc1ccc(C(C)(C)C)cc1. The summed E-state index contributed by atoms with van der Waals surface area (Å²) >= 11 is 12.5. The molecule has 0 heterocycles. The summed E-state index contributed by atoms with van der Waals surface area (Å²) in [5, 5.41) is 3.93. The number of carbonyl (C=O) groups excluding carboxylic acids is 2. The average molecular weight is 568 g/mol. The number of nitrogens with zero attached hydrogens (tertiary/aromatic N) is 1. The topological polar surface area (TPSA) is 49.4 Å². The van der Waals surface area contributed by atoms with Gasteiger partial charge in [0.2, 0.25) is 11.8 Å². The van der Waals surface area contributed by atoms with E-state index in [1.807, 2.05) is 36.4 Å². The van der Waals surface area contributed by atoms with Gasteiger partial charge in [-0.1, -0.05) is 118 Å². The summed E-state index contributed by atoms with van der Waals surface area (Å²) in [6, 6.07) is 22.9. The van der Waals surface area contributed by atoms with Crippen LogP contribution in [0.3, 0.4) is 0 Å². The van der Waals surface area contributed by atoms with E-state index in [1.54, 1.807) is 17.0 Å². The molecule has 4 nitrogen and oxygen atoms in total. The Morgan fingerprint density at radius 3 is 2.08 bits per heavy atom. The summed E-state index contributed by atoms with van der Waals surface area (Å²) in [6.45, 7) is 11.5. The molecule has 208 valence electrons. The van der Waals surface area contributed by atoms with Crippen LogP contribution in [0.2, 0.25) is 10.0 Å². The Labute approximate surface area is 243 Å². The number of benzene rings is 3. The summed E-state index contributed by atoms with van der Waals surface area (Å²) in [6.07, 6.45) is 1.30. The van der Waals surface area contributed by atoms with Crippen molar-refractivity contribution in [1.82, 2.24) is 10.2 Å². The molecule has 0 saturated heterocycles. The maximum absolute atomic E-state index is 13.9. The summed E-state index contributed by atoms with van der Waals surface area (Å²) in [7, 11) is 0. The van der Waals surface area contributed by atoms with E-state index in [1.165, 1.54) is 5.56 Å². The Kier molecular flexibility index (Phi) is 11.0. The first-order valence-electron chi connectivity index (χ1n) is 13.6. The Hall–Kier alpha value is -2.82. The van der Waals surface area contributed by atoms with Gasteiger partial charge in [0.15, 0.2) is 0 Å². The first kappa shape index (κ1) is 30.7. The van der Waals surface area contributed by atoms with Crippen LogP contribution in [0, 0.1) is 5.92 Å². The van der Waals surface area contributed by atoms with Gasteiger partial charge in [0, 0.05) is 25.9 Å². The summed E-state index contributed by atoms with van der Waals surface area (Å²) in [4.78, 5) is 29.1. The molecule has 0 aliphatic rings. The molecule has 3 aromatic rings. The summed E-state index contributed by atoms with van der Waals surface area (Å²) in [5.74, 6) is 0.0544. The highest BCUT2D eigenvalue weighted by molar-refractivity contribution is 6.42. The number of aryl methyl sites for hydroxylation is 1. The van der Waals surface area contributed by atoms with E-state index in [0.29, 0.717) is 41.8 Å². The standard InChI is InChI=1S/C33H40Cl2N2O2/c1-23(2)21-36-32(39)30(20-25-9-7-6-8-10-25)37(22-26-13-17-28(34)29(35)19-26)31(38)18-14-24-11-15-27(16-12-24)33(3,4)5/h6-13,15-17,19,23,30H,14,18,20-22H2,1-5H3,(H,36,39)/t30-/m0/s1. The van der Waals surface area contributed by atoms with Crippen LogP contribution >= 0.6 is 23.2 Å². The highest BCUT2D eigenvalue weighted by Gasteiger charge is 2.30. The second-order valence-electron chi connectivity index (χ2n) is 11.6. The van der Waals surface area contributed by atoms with Gasteiger partial charge in [0.05, 0.1) is 10.0 Å². The average Bonchev–Trinajstić information content (AvgIpc) is 2.90. The number of hydrogen-bond acceptors (Lipinski definition) is 2. The maximum Gasteiger partial charge on any atom is 0.243 e. The minimum Gasteiger partial charge on any atom is -0.354 e. The highest BCUT2D eigenvalue weighted by Crippen LogP contribution is 2.25. The van der Waals surface area contributed by atoms with Crippen LogP contribution in [0.1, 0.15) is 63.3 Å². The van der Waals surface area contributed by atoms with Gasteiger partial charge in [0.25, 0.3) is 0 Å². The fourth-order valence-corrected chi connectivity index (χ4v) is 4.70. The van der Waals surface area contributed by atoms with E-state index in [2.05, 4.69) is 64.2 Å². The smallest absolute Gasteiger partial charge is 0.243 e. The first-order valence-corrected chi connectivity index (χ1v) is 14.3. The van der Waals surface area contributed by atoms with Gasteiger partial charge in [-0.15, -0.1) is 0 Å². The lowest BCUT2D eigenvalue weighted by Gasteiger charge is -2.32. The molecule has 6 heteroatoms. The Balaban J connectivity index is 1.90. The number of carbonyl (C=O) groups is 2. The Morgan fingerprint density at radius 2 is 1.49 bits per heavy atom. The molecule has 0 radical (unpaired) electrons. The third kappa shape index (κ3) is 9.40. The molecule has 0 unspecified atom stereocenters. The quantitative estimate of drug-likeness (QED) is 0.259. The van der Waals surface area contributed by atoms with Crippen molar-refractivity contribution in [1.29, 1.82) is 0 Å². The third-order valence-corrected chi connectivity index (χ3v) is 7.48. The van der Waals surface area contributed by atoms with Gasteiger partial charge in [-0.25, -0.2) is 0 Å². The lowest BCUT2D eigenvalue weighted by molar-refractivity contribution is -0.141. The molecule has 1 atom stereocenters. The molecular formula is C33H40Cl2N2O2. The molecule has 3 aromatic carbocycles. The van der Waals surface area contributed by atoms with Crippen LogP contribution in [0.15, 0.2) is 72.8 Å². The molecule has 0 aliphatic heterocycles. The van der Waals surface area contributed by atoms with Gasteiger partial charge in [-0.3, -0.25) is 9.59 Å². The lowest BCUT2D eigenvalue weighted by atomic mass is 9.86. The number of rotatable bonds is 11. The van der Waals surface area contributed by atoms with E-state index in [-0.39, 0.29) is 23.8 Å². The molecule has 0 aliphatic carbocycles.